The van der Waals surface area contributed by atoms with Gasteiger partial charge in [0.25, 0.3) is 0 Å². The first-order valence-corrected chi connectivity index (χ1v) is 13.2. The first kappa shape index (κ1) is 26.1. The third-order valence-corrected chi connectivity index (χ3v) is 8.11. The summed E-state index contributed by atoms with van der Waals surface area (Å²) in [5.74, 6) is 0.583. The van der Waals surface area contributed by atoms with Gasteiger partial charge in [-0.2, -0.15) is 0 Å². The predicted molar refractivity (Wildman–Crippen MR) is 138 cm³/mol. The van der Waals surface area contributed by atoms with E-state index in [0.29, 0.717) is 23.0 Å². The molecular formula is C25H28FN7O3S. The Bertz CT molecular complexity index is 1510. The van der Waals surface area contributed by atoms with Gasteiger partial charge in [0.15, 0.2) is 11.6 Å². The Morgan fingerprint density at radius 1 is 1.11 bits per heavy atom. The molecule has 0 aliphatic carbocycles. The van der Waals surface area contributed by atoms with Crippen molar-refractivity contribution in [3.05, 3.63) is 71.7 Å². The third kappa shape index (κ3) is 5.15. The zero-order chi connectivity index (χ0) is 26.7. The highest BCUT2D eigenvalue weighted by Gasteiger charge is 2.33. The number of anilines is 1. The van der Waals surface area contributed by atoms with Crippen molar-refractivity contribution in [1.29, 1.82) is 0 Å². The zero-order valence-corrected chi connectivity index (χ0v) is 22.1. The van der Waals surface area contributed by atoms with Gasteiger partial charge in [-0.05, 0) is 44.0 Å². The molecule has 0 aliphatic rings. The van der Waals surface area contributed by atoms with Gasteiger partial charge in [-0.3, -0.25) is 4.57 Å². The van der Waals surface area contributed by atoms with Gasteiger partial charge >= 0.3 is 0 Å². The number of benzene rings is 1. The standard InChI is InChI=1S/C25H28FN7O3S/c1-6-19-10-8-11-20(29-19)24-30-31-25(33(24)23-16(2)9-7-12-21(23)36-5)32(4)37(34,35)17(3)13-22-27-14-18(26)15-28-22/h7-12,14-15,17H,6,13H2,1-5H3/t17-/m0/s1. The SMILES string of the molecule is CCc1cccc(-c2nnc(N(C)S(=O)(=O)[C@@H](C)Cc3ncc(F)cn3)n2-c2c(C)cccc2OC)n1. The molecule has 0 aliphatic heterocycles. The second-order valence-corrected chi connectivity index (χ2v) is 10.9. The van der Waals surface area contributed by atoms with E-state index in [-0.39, 0.29) is 18.2 Å². The summed E-state index contributed by atoms with van der Waals surface area (Å²) in [7, 11) is -1.01. The molecule has 0 saturated carbocycles. The minimum atomic E-state index is -3.97. The number of aryl methyl sites for hydroxylation is 2. The van der Waals surface area contributed by atoms with Gasteiger partial charge in [0.1, 0.15) is 17.3 Å². The van der Waals surface area contributed by atoms with E-state index in [1.807, 2.05) is 38.1 Å². The van der Waals surface area contributed by atoms with E-state index < -0.39 is 21.1 Å². The molecule has 4 rings (SSSR count). The first-order chi connectivity index (χ1) is 17.7. The lowest BCUT2D eigenvalue weighted by atomic mass is 10.1. The number of para-hydroxylation sites is 1. The number of sulfonamides is 1. The second-order valence-electron chi connectivity index (χ2n) is 8.50. The highest BCUT2D eigenvalue weighted by atomic mass is 32.2. The van der Waals surface area contributed by atoms with Crippen LogP contribution in [0.2, 0.25) is 0 Å². The van der Waals surface area contributed by atoms with Crippen LogP contribution in [0, 0.1) is 12.7 Å². The summed E-state index contributed by atoms with van der Waals surface area (Å²) in [6, 6.07) is 11.1. The normalized spacial score (nSPS) is 12.4. The number of hydrogen-bond donors (Lipinski definition) is 0. The molecule has 4 aromatic rings. The number of rotatable bonds is 9. The third-order valence-electron chi connectivity index (χ3n) is 6.00. The van der Waals surface area contributed by atoms with Gasteiger partial charge in [0.05, 0.1) is 30.4 Å². The van der Waals surface area contributed by atoms with Crippen LogP contribution in [0.3, 0.4) is 0 Å². The summed E-state index contributed by atoms with van der Waals surface area (Å²) >= 11 is 0. The fourth-order valence-corrected chi connectivity index (χ4v) is 5.17. The molecule has 0 spiro atoms. The molecule has 0 fully saturated rings. The molecule has 0 amide bonds. The van der Waals surface area contributed by atoms with Gasteiger partial charge in [0, 0.05) is 19.2 Å². The molecule has 194 valence electrons. The number of pyridine rings is 1. The van der Waals surface area contributed by atoms with Crippen molar-refractivity contribution in [2.75, 3.05) is 18.5 Å². The number of nitrogens with zero attached hydrogens (tertiary/aromatic N) is 7. The summed E-state index contributed by atoms with van der Waals surface area (Å²) in [5, 5.41) is 7.72. The topological polar surface area (TPSA) is 116 Å². The van der Waals surface area contributed by atoms with Crippen LogP contribution < -0.4 is 9.04 Å². The molecule has 12 heteroatoms. The molecule has 3 heterocycles. The van der Waals surface area contributed by atoms with E-state index in [1.54, 1.807) is 30.7 Å². The van der Waals surface area contributed by atoms with Gasteiger partial charge in [-0.15, -0.1) is 10.2 Å². The highest BCUT2D eigenvalue weighted by molar-refractivity contribution is 7.93. The summed E-state index contributed by atoms with van der Waals surface area (Å²) in [6.07, 6.45) is 2.73. The van der Waals surface area contributed by atoms with E-state index in [1.165, 1.54) is 7.05 Å². The number of hydrogen-bond acceptors (Lipinski definition) is 8. The van der Waals surface area contributed by atoms with Gasteiger partial charge in [-0.25, -0.2) is 32.1 Å². The van der Waals surface area contributed by atoms with Crippen molar-refractivity contribution in [3.63, 3.8) is 0 Å². The highest BCUT2D eigenvalue weighted by Crippen LogP contribution is 2.35. The maximum Gasteiger partial charge on any atom is 0.245 e. The minimum absolute atomic E-state index is 0.0122. The lowest BCUT2D eigenvalue weighted by Crippen LogP contribution is -2.37. The minimum Gasteiger partial charge on any atom is -0.495 e. The van der Waals surface area contributed by atoms with Crippen molar-refractivity contribution in [2.24, 2.45) is 0 Å². The average molecular weight is 526 g/mol. The molecule has 0 N–H and O–H groups in total. The molecule has 1 atom stereocenters. The van der Waals surface area contributed by atoms with Crippen LogP contribution in [0.4, 0.5) is 10.3 Å². The maximum atomic E-state index is 13.6. The molecule has 0 saturated heterocycles. The van der Waals surface area contributed by atoms with Crippen LogP contribution in [0.15, 0.2) is 48.8 Å². The van der Waals surface area contributed by atoms with Crippen LogP contribution in [0.25, 0.3) is 17.2 Å². The van der Waals surface area contributed by atoms with Crippen LogP contribution in [-0.4, -0.2) is 57.5 Å². The fourth-order valence-electron chi connectivity index (χ4n) is 3.93. The van der Waals surface area contributed by atoms with Crippen molar-refractivity contribution < 1.29 is 17.5 Å². The molecule has 10 nitrogen and oxygen atoms in total. The van der Waals surface area contributed by atoms with Gasteiger partial charge in [-0.1, -0.05) is 25.1 Å². The number of aromatic nitrogens is 6. The van der Waals surface area contributed by atoms with Crippen molar-refractivity contribution in [1.82, 2.24) is 29.7 Å². The molecule has 0 radical (unpaired) electrons. The number of halogens is 1. The first-order valence-electron chi connectivity index (χ1n) is 11.7. The Morgan fingerprint density at radius 2 is 1.81 bits per heavy atom. The summed E-state index contributed by atoms with van der Waals surface area (Å²) < 4.78 is 48.9. The predicted octanol–water partition coefficient (Wildman–Crippen LogP) is 3.54. The Kier molecular flexibility index (Phi) is 7.48. The monoisotopic (exact) mass is 525 g/mol. The zero-order valence-electron chi connectivity index (χ0n) is 21.3. The Morgan fingerprint density at radius 3 is 2.49 bits per heavy atom. The largest absolute Gasteiger partial charge is 0.495 e. The van der Waals surface area contributed by atoms with Crippen LogP contribution in [0.1, 0.15) is 30.9 Å². The smallest absolute Gasteiger partial charge is 0.245 e. The van der Waals surface area contributed by atoms with Crippen LogP contribution in [-0.2, 0) is 22.9 Å². The van der Waals surface area contributed by atoms with Gasteiger partial charge in [0.2, 0.25) is 16.0 Å². The molecule has 0 unspecified atom stereocenters. The lowest BCUT2D eigenvalue weighted by molar-refractivity contribution is 0.412. The van der Waals surface area contributed by atoms with Crippen molar-refractivity contribution >= 4 is 16.0 Å². The maximum absolute atomic E-state index is 13.6. The van der Waals surface area contributed by atoms with Crippen molar-refractivity contribution in [2.45, 2.75) is 38.9 Å². The van der Waals surface area contributed by atoms with E-state index >= 15 is 0 Å². The molecule has 0 bridgehead atoms. The van der Waals surface area contributed by atoms with E-state index in [4.69, 9.17) is 4.74 Å². The Hall–Kier alpha value is -3.93. The van der Waals surface area contributed by atoms with E-state index in [2.05, 4.69) is 25.1 Å². The summed E-state index contributed by atoms with van der Waals surface area (Å²) in [5.41, 5.74) is 2.83. The fraction of sp³-hybridized carbons (Fsp3) is 0.320. The Labute approximate surface area is 215 Å². The molecule has 3 aromatic heterocycles. The second kappa shape index (κ2) is 10.6. The number of ether oxygens (including phenoxy) is 1. The lowest BCUT2D eigenvalue weighted by Gasteiger charge is -2.24. The van der Waals surface area contributed by atoms with Crippen LogP contribution >= 0.6 is 0 Å². The molecular weight excluding hydrogens is 497 g/mol. The quantitative estimate of drug-likeness (QED) is 0.326. The van der Waals surface area contributed by atoms with Gasteiger partial charge < -0.3 is 4.74 Å². The average Bonchev–Trinajstić information content (AvgIpc) is 3.33. The van der Waals surface area contributed by atoms with E-state index in [0.717, 1.165) is 34.4 Å². The van der Waals surface area contributed by atoms with Crippen molar-refractivity contribution in [3.8, 4) is 23.0 Å². The summed E-state index contributed by atoms with van der Waals surface area (Å²) in [4.78, 5) is 12.5. The van der Waals surface area contributed by atoms with E-state index in [9.17, 15) is 12.8 Å². The molecule has 37 heavy (non-hydrogen) atoms. The molecule has 1 aromatic carbocycles. The number of methoxy groups -OCH3 is 1. The summed E-state index contributed by atoms with van der Waals surface area (Å²) in [6.45, 7) is 5.43. The Balaban J connectivity index is 1.85. The van der Waals surface area contributed by atoms with Crippen LogP contribution in [0.5, 0.6) is 5.75 Å².